The third-order valence-electron chi connectivity index (χ3n) is 2.51. The monoisotopic (exact) mass is 239 g/mol. The molecular formula is C12H21N3O2. The van der Waals surface area contributed by atoms with Crippen LogP contribution in [0.3, 0.4) is 0 Å². The molecule has 5 nitrogen and oxygen atoms in total. The van der Waals surface area contributed by atoms with E-state index >= 15 is 0 Å². The second-order valence-corrected chi connectivity index (χ2v) is 3.70. The van der Waals surface area contributed by atoms with Crippen LogP contribution >= 0.6 is 0 Å². The second-order valence-electron chi connectivity index (χ2n) is 3.70. The Morgan fingerprint density at radius 1 is 1.29 bits per heavy atom. The van der Waals surface area contributed by atoms with Crippen molar-refractivity contribution in [2.45, 2.75) is 25.8 Å². The van der Waals surface area contributed by atoms with Crippen molar-refractivity contribution in [2.75, 3.05) is 27.4 Å². The van der Waals surface area contributed by atoms with Gasteiger partial charge in [0.1, 0.15) is 5.69 Å². The Hall–Kier alpha value is -1.20. The van der Waals surface area contributed by atoms with Crippen LogP contribution < -0.4 is 10.1 Å². The highest BCUT2D eigenvalue weighted by Crippen LogP contribution is 2.23. The number of ether oxygens (including phenoxy) is 2. The van der Waals surface area contributed by atoms with Crippen molar-refractivity contribution in [2.24, 2.45) is 0 Å². The zero-order valence-electron chi connectivity index (χ0n) is 10.8. The highest BCUT2D eigenvalue weighted by atomic mass is 16.5. The number of nitrogens with zero attached hydrogens (tertiary/aromatic N) is 2. The highest BCUT2D eigenvalue weighted by molar-refractivity contribution is 5.21. The predicted molar refractivity (Wildman–Crippen MR) is 66.1 cm³/mol. The van der Waals surface area contributed by atoms with E-state index in [9.17, 15) is 0 Å². The number of hydrogen-bond acceptors (Lipinski definition) is 5. The van der Waals surface area contributed by atoms with Gasteiger partial charge in [-0.2, -0.15) is 0 Å². The van der Waals surface area contributed by atoms with Crippen molar-refractivity contribution in [1.82, 2.24) is 15.3 Å². The van der Waals surface area contributed by atoms with Crippen molar-refractivity contribution < 1.29 is 9.47 Å². The summed E-state index contributed by atoms with van der Waals surface area (Å²) in [6.45, 7) is 3.72. The number of rotatable bonds is 8. The van der Waals surface area contributed by atoms with E-state index in [2.05, 4.69) is 22.2 Å². The first-order chi connectivity index (χ1) is 8.33. The molecule has 0 spiro atoms. The fourth-order valence-electron chi connectivity index (χ4n) is 1.75. The lowest BCUT2D eigenvalue weighted by Crippen LogP contribution is -2.23. The quantitative estimate of drug-likeness (QED) is 0.698. The van der Waals surface area contributed by atoms with Gasteiger partial charge in [-0.15, -0.1) is 0 Å². The predicted octanol–water partition coefficient (Wildman–Crippen LogP) is 1.56. The third kappa shape index (κ3) is 4.28. The fraction of sp³-hybridized carbons (Fsp3) is 0.667. The van der Waals surface area contributed by atoms with Gasteiger partial charge in [-0.25, -0.2) is 4.98 Å². The lowest BCUT2D eigenvalue weighted by molar-refractivity contribution is 0.188. The molecule has 0 aliphatic rings. The van der Waals surface area contributed by atoms with Crippen LogP contribution in [0.1, 0.15) is 31.5 Å². The molecule has 1 aromatic heterocycles. The molecule has 17 heavy (non-hydrogen) atoms. The molecule has 0 bridgehead atoms. The summed E-state index contributed by atoms with van der Waals surface area (Å²) < 4.78 is 10.3. The van der Waals surface area contributed by atoms with E-state index in [0.717, 1.165) is 31.7 Å². The normalized spacial score (nSPS) is 12.4. The van der Waals surface area contributed by atoms with Crippen LogP contribution in [-0.2, 0) is 4.74 Å². The van der Waals surface area contributed by atoms with Crippen LogP contribution in [0.4, 0.5) is 0 Å². The Morgan fingerprint density at radius 3 is 2.71 bits per heavy atom. The van der Waals surface area contributed by atoms with Crippen LogP contribution in [0.15, 0.2) is 12.4 Å². The van der Waals surface area contributed by atoms with Gasteiger partial charge in [-0.3, -0.25) is 4.98 Å². The topological polar surface area (TPSA) is 56.3 Å². The van der Waals surface area contributed by atoms with Gasteiger partial charge in [0.05, 0.1) is 13.2 Å². The first kappa shape index (κ1) is 13.9. The van der Waals surface area contributed by atoms with Crippen molar-refractivity contribution >= 4 is 0 Å². The van der Waals surface area contributed by atoms with E-state index in [1.54, 1.807) is 26.6 Å². The third-order valence-corrected chi connectivity index (χ3v) is 2.51. The molecule has 5 heteroatoms. The Bertz CT molecular complexity index is 320. The maximum Gasteiger partial charge on any atom is 0.236 e. The molecule has 0 radical (unpaired) electrons. The number of methoxy groups -OCH3 is 2. The van der Waals surface area contributed by atoms with Crippen LogP contribution in [-0.4, -0.2) is 37.3 Å². The van der Waals surface area contributed by atoms with Crippen molar-refractivity contribution in [3.63, 3.8) is 0 Å². The molecule has 1 aromatic rings. The highest BCUT2D eigenvalue weighted by Gasteiger charge is 2.17. The van der Waals surface area contributed by atoms with Crippen molar-refractivity contribution in [1.29, 1.82) is 0 Å². The minimum atomic E-state index is 0.166. The van der Waals surface area contributed by atoms with Crippen molar-refractivity contribution in [3.05, 3.63) is 18.1 Å². The van der Waals surface area contributed by atoms with E-state index < -0.39 is 0 Å². The molecule has 0 fully saturated rings. The largest absolute Gasteiger partial charge is 0.480 e. The zero-order valence-corrected chi connectivity index (χ0v) is 10.8. The average Bonchev–Trinajstić information content (AvgIpc) is 2.38. The SMILES string of the molecule is CCNC(CCCOC)c1nccnc1OC. The Balaban J connectivity index is 2.73. The van der Waals surface area contributed by atoms with Gasteiger partial charge in [0.2, 0.25) is 5.88 Å². The van der Waals surface area contributed by atoms with Crippen LogP contribution in [0.25, 0.3) is 0 Å². The Kier molecular flexibility index (Phi) is 6.50. The molecular weight excluding hydrogens is 218 g/mol. The number of hydrogen-bond donors (Lipinski definition) is 1. The Morgan fingerprint density at radius 2 is 2.06 bits per heavy atom. The van der Waals surface area contributed by atoms with Crippen LogP contribution in [0, 0.1) is 0 Å². The lowest BCUT2D eigenvalue weighted by atomic mass is 10.1. The first-order valence-electron chi connectivity index (χ1n) is 5.90. The first-order valence-corrected chi connectivity index (χ1v) is 5.90. The maximum atomic E-state index is 5.23. The summed E-state index contributed by atoms with van der Waals surface area (Å²) in [5.41, 5.74) is 0.868. The summed E-state index contributed by atoms with van der Waals surface area (Å²) in [7, 11) is 3.33. The van der Waals surface area contributed by atoms with E-state index in [0.29, 0.717) is 5.88 Å². The Labute approximate surface area is 103 Å². The van der Waals surface area contributed by atoms with Crippen molar-refractivity contribution in [3.8, 4) is 5.88 Å². The van der Waals surface area contributed by atoms with Gasteiger partial charge < -0.3 is 14.8 Å². The molecule has 96 valence electrons. The van der Waals surface area contributed by atoms with Crippen LogP contribution in [0.5, 0.6) is 5.88 Å². The number of nitrogens with one attached hydrogen (secondary N) is 1. The zero-order chi connectivity index (χ0) is 12.5. The summed E-state index contributed by atoms with van der Waals surface area (Å²) in [6, 6.07) is 0.166. The fourth-order valence-corrected chi connectivity index (χ4v) is 1.75. The molecule has 1 unspecified atom stereocenters. The van der Waals surface area contributed by atoms with Gasteiger partial charge in [-0.05, 0) is 19.4 Å². The smallest absolute Gasteiger partial charge is 0.236 e. The van der Waals surface area contributed by atoms with Gasteiger partial charge >= 0.3 is 0 Å². The molecule has 1 heterocycles. The van der Waals surface area contributed by atoms with E-state index in [1.807, 2.05) is 0 Å². The van der Waals surface area contributed by atoms with Gasteiger partial charge in [0.25, 0.3) is 0 Å². The van der Waals surface area contributed by atoms with Gasteiger partial charge in [0, 0.05) is 26.1 Å². The van der Waals surface area contributed by atoms with E-state index in [-0.39, 0.29) is 6.04 Å². The molecule has 1 rings (SSSR count). The number of aromatic nitrogens is 2. The van der Waals surface area contributed by atoms with E-state index in [4.69, 9.17) is 9.47 Å². The van der Waals surface area contributed by atoms with Gasteiger partial charge in [0.15, 0.2) is 0 Å². The van der Waals surface area contributed by atoms with Gasteiger partial charge in [-0.1, -0.05) is 6.92 Å². The average molecular weight is 239 g/mol. The van der Waals surface area contributed by atoms with E-state index in [1.165, 1.54) is 0 Å². The summed E-state index contributed by atoms with van der Waals surface area (Å²) >= 11 is 0. The molecule has 0 aliphatic carbocycles. The maximum absolute atomic E-state index is 5.23. The summed E-state index contributed by atoms with van der Waals surface area (Å²) in [4.78, 5) is 8.53. The lowest BCUT2D eigenvalue weighted by Gasteiger charge is -2.18. The minimum Gasteiger partial charge on any atom is -0.480 e. The second kappa shape index (κ2) is 7.97. The summed E-state index contributed by atoms with van der Waals surface area (Å²) in [6.07, 6.45) is 5.27. The summed E-state index contributed by atoms with van der Waals surface area (Å²) in [5.74, 6) is 0.593. The summed E-state index contributed by atoms with van der Waals surface area (Å²) in [5, 5.41) is 3.39. The van der Waals surface area contributed by atoms with Crippen LogP contribution in [0.2, 0.25) is 0 Å². The molecule has 1 atom stereocenters. The molecule has 0 saturated heterocycles. The molecule has 0 aromatic carbocycles. The molecule has 0 amide bonds. The molecule has 0 saturated carbocycles. The molecule has 0 aliphatic heterocycles. The standard InChI is InChI=1S/C12H21N3O2/c1-4-13-10(6-5-9-16-2)11-12(17-3)15-8-7-14-11/h7-8,10,13H,4-6,9H2,1-3H3. The minimum absolute atomic E-state index is 0.166. The molecule has 1 N–H and O–H groups in total.